The van der Waals surface area contributed by atoms with Gasteiger partial charge in [0.2, 0.25) is 0 Å². The summed E-state index contributed by atoms with van der Waals surface area (Å²) in [4.78, 5) is 25.4. The highest BCUT2D eigenvalue weighted by atomic mass is 16.6. The highest BCUT2D eigenvalue weighted by molar-refractivity contribution is 5.90. The highest BCUT2D eigenvalue weighted by Crippen LogP contribution is 2.24. The molecule has 0 spiro atoms. The fourth-order valence-corrected chi connectivity index (χ4v) is 2.62. The number of methoxy groups -OCH3 is 1. The molecular formula is C16H25N3O4. The molecular weight excluding hydrogens is 298 g/mol. The van der Waals surface area contributed by atoms with Gasteiger partial charge in [0.25, 0.3) is 0 Å². The molecule has 0 atom stereocenters. The summed E-state index contributed by atoms with van der Waals surface area (Å²) < 4.78 is 12.0. The molecule has 128 valence electrons. The Morgan fingerprint density at radius 2 is 1.87 bits per heavy atom. The first-order chi connectivity index (χ1) is 10.7. The van der Waals surface area contributed by atoms with Crippen molar-refractivity contribution in [1.82, 2.24) is 14.7 Å². The van der Waals surface area contributed by atoms with Crippen LogP contribution < -0.4 is 0 Å². The maximum absolute atomic E-state index is 12.1. The molecule has 23 heavy (non-hydrogen) atoms. The third-order valence-corrected chi connectivity index (χ3v) is 3.81. The lowest BCUT2D eigenvalue weighted by atomic mass is 10.1. The number of rotatable bonds is 2. The van der Waals surface area contributed by atoms with Gasteiger partial charge < -0.3 is 14.4 Å². The lowest BCUT2D eigenvalue weighted by Gasteiger charge is -2.33. The Bertz CT molecular complexity index is 581. The Morgan fingerprint density at radius 1 is 1.26 bits per heavy atom. The van der Waals surface area contributed by atoms with Gasteiger partial charge in [-0.1, -0.05) is 0 Å². The number of likely N-dealkylation sites (tertiary alicyclic amines) is 1. The molecule has 2 heterocycles. The number of amides is 1. The summed E-state index contributed by atoms with van der Waals surface area (Å²) >= 11 is 0. The summed E-state index contributed by atoms with van der Waals surface area (Å²) in [5.74, 6) is -0.375. The maximum atomic E-state index is 12.1. The van der Waals surface area contributed by atoms with Crippen LogP contribution in [0.5, 0.6) is 0 Å². The number of ether oxygens (including phenoxy) is 2. The molecule has 0 aromatic carbocycles. The second-order valence-electron chi connectivity index (χ2n) is 6.80. The minimum atomic E-state index is -0.484. The molecule has 1 aliphatic heterocycles. The first-order valence-electron chi connectivity index (χ1n) is 7.83. The van der Waals surface area contributed by atoms with E-state index in [1.54, 1.807) is 18.0 Å². The lowest BCUT2D eigenvalue weighted by Crippen LogP contribution is -2.42. The largest absolute Gasteiger partial charge is 0.465 e. The topological polar surface area (TPSA) is 73.7 Å². The first-order valence-corrected chi connectivity index (χ1v) is 7.83. The number of hydrogen-bond donors (Lipinski definition) is 0. The Hall–Kier alpha value is -2.05. The molecule has 2 rings (SSSR count). The predicted molar refractivity (Wildman–Crippen MR) is 84.4 cm³/mol. The van der Waals surface area contributed by atoms with Crippen LogP contribution in [0.1, 0.15) is 55.7 Å². The van der Waals surface area contributed by atoms with Crippen LogP contribution in [0.15, 0.2) is 6.20 Å². The molecule has 1 aromatic rings. The normalized spacial score (nSPS) is 16.3. The Morgan fingerprint density at radius 3 is 2.39 bits per heavy atom. The standard InChI is InChI=1S/C16H25N3O4/c1-11-13(14(20)22-5)10-19(17-11)12-6-8-18(9-7-12)15(21)23-16(2,3)4/h10,12H,6-9H2,1-5H3. The molecule has 0 aliphatic carbocycles. The van der Waals surface area contributed by atoms with Gasteiger partial charge >= 0.3 is 12.1 Å². The zero-order valence-corrected chi connectivity index (χ0v) is 14.5. The Balaban J connectivity index is 1.97. The van der Waals surface area contributed by atoms with Gasteiger partial charge in [0.15, 0.2) is 0 Å². The Kier molecular flexibility index (Phi) is 4.97. The van der Waals surface area contributed by atoms with Crippen LogP contribution in [0.4, 0.5) is 4.79 Å². The van der Waals surface area contributed by atoms with Crippen molar-refractivity contribution in [1.29, 1.82) is 0 Å². The van der Waals surface area contributed by atoms with Crippen molar-refractivity contribution >= 4 is 12.1 Å². The molecule has 7 nitrogen and oxygen atoms in total. The van der Waals surface area contributed by atoms with Crippen LogP contribution in [-0.4, -0.2) is 52.5 Å². The number of aromatic nitrogens is 2. The maximum Gasteiger partial charge on any atom is 0.410 e. The van der Waals surface area contributed by atoms with E-state index in [1.807, 2.05) is 25.5 Å². The molecule has 0 radical (unpaired) electrons. The second kappa shape index (κ2) is 6.60. The summed E-state index contributed by atoms with van der Waals surface area (Å²) in [5, 5.41) is 4.41. The van der Waals surface area contributed by atoms with E-state index >= 15 is 0 Å². The van der Waals surface area contributed by atoms with Crippen molar-refractivity contribution in [2.75, 3.05) is 20.2 Å². The summed E-state index contributed by atoms with van der Waals surface area (Å²) in [6, 6.07) is 0.172. The van der Waals surface area contributed by atoms with E-state index < -0.39 is 5.60 Å². The van der Waals surface area contributed by atoms with E-state index in [1.165, 1.54) is 7.11 Å². The van der Waals surface area contributed by atoms with Crippen molar-refractivity contribution in [2.45, 2.75) is 52.2 Å². The fourth-order valence-electron chi connectivity index (χ4n) is 2.62. The van der Waals surface area contributed by atoms with Crippen molar-refractivity contribution in [3.05, 3.63) is 17.5 Å². The molecule has 7 heteroatoms. The molecule has 1 aromatic heterocycles. The van der Waals surface area contributed by atoms with Crippen molar-refractivity contribution in [2.24, 2.45) is 0 Å². The zero-order chi connectivity index (χ0) is 17.2. The van der Waals surface area contributed by atoms with Gasteiger partial charge in [-0.15, -0.1) is 0 Å². The van der Waals surface area contributed by atoms with Crippen LogP contribution in [0.2, 0.25) is 0 Å². The molecule has 1 fully saturated rings. The number of carbonyl (C=O) groups excluding carboxylic acids is 2. The van der Waals surface area contributed by atoms with Crippen LogP contribution in [-0.2, 0) is 9.47 Å². The van der Waals surface area contributed by atoms with Gasteiger partial charge in [0.1, 0.15) is 11.2 Å². The molecule has 0 N–H and O–H groups in total. The van der Waals surface area contributed by atoms with E-state index in [2.05, 4.69) is 5.10 Å². The molecule has 1 saturated heterocycles. The molecule has 1 aliphatic rings. The van der Waals surface area contributed by atoms with Gasteiger partial charge in [0.05, 0.1) is 18.8 Å². The average molecular weight is 323 g/mol. The molecule has 0 unspecified atom stereocenters. The number of piperidine rings is 1. The summed E-state index contributed by atoms with van der Waals surface area (Å²) in [6.07, 6.45) is 3.01. The second-order valence-corrected chi connectivity index (χ2v) is 6.80. The number of aryl methyl sites for hydroxylation is 1. The summed E-state index contributed by atoms with van der Waals surface area (Å²) in [5.41, 5.74) is 0.663. The minimum absolute atomic E-state index is 0.172. The highest BCUT2D eigenvalue weighted by Gasteiger charge is 2.28. The first kappa shape index (κ1) is 17.3. The van der Waals surface area contributed by atoms with Crippen LogP contribution in [0, 0.1) is 6.92 Å². The molecule has 0 saturated carbocycles. The van der Waals surface area contributed by atoms with Gasteiger partial charge in [-0.25, -0.2) is 9.59 Å². The lowest BCUT2D eigenvalue weighted by molar-refractivity contribution is 0.0184. The van der Waals surface area contributed by atoms with E-state index in [4.69, 9.17) is 9.47 Å². The molecule has 0 bridgehead atoms. The van der Waals surface area contributed by atoms with Crippen molar-refractivity contribution in [3.8, 4) is 0 Å². The summed E-state index contributed by atoms with van der Waals surface area (Å²) in [6.45, 7) is 8.60. The molecule has 1 amide bonds. The minimum Gasteiger partial charge on any atom is -0.465 e. The van der Waals surface area contributed by atoms with Crippen molar-refractivity contribution < 1.29 is 19.1 Å². The van der Waals surface area contributed by atoms with Gasteiger partial charge in [-0.2, -0.15) is 5.10 Å². The van der Waals surface area contributed by atoms with E-state index in [0.717, 1.165) is 12.8 Å². The SMILES string of the molecule is COC(=O)c1cn(C2CCN(C(=O)OC(C)(C)C)CC2)nc1C. The number of esters is 1. The van der Waals surface area contributed by atoms with Crippen LogP contribution >= 0.6 is 0 Å². The third kappa shape index (κ3) is 4.24. The average Bonchev–Trinajstić information content (AvgIpc) is 2.87. The van der Waals surface area contributed by atoms with Crippen molar-refractivity contribution in [3.63, 3.8) is 0 Å². The van der Waals surface area contributed by atoms with Crippen LogP contribution in [0.3, 0.4) is 0 Å². The quantitative estimate of drug-likeness (QED) is 0.782. The van der Waals surface area contributed by atoms with Gasteiger partial charge in [-0.05, 0) is 40.5 Å². The zero-order valence-electron chi connectivity index (χ0n) is 14.5. The summed E-state index contributed by atoms with van der Waals surface area (Å²) in [7, 11) is 1.36. The predicted octanol–water partition coefficient (Wildman–Crippen LogP) is 2.55. The van der Waals surface area contributed by atoms with Gasteiger partial charge in [0, 0.05) is 19.3 Å². The number of hydrogen-bond acceptors (Lipinski definition) is 5. The van der Waals surface area contributed by atoms with E-state index in [0.29, 0.717) is 24.3 Å². The number of nitrogens with zero attached hydrogens (tertiary/aromatic N) is 3. The number of carbonyl (C=O) groups is 2. The van der Waals surface area contributed by atoms with E-state index in [9.17, 15) is 9.59 Å². The van der Waals surface area contributed by atoms with Gasteiger partial charge in [-0.3, -0.25) is 4.68 Å². The fraction of sp³-hybridized carbons (Fsp3) is 0.688. The van der Waals surface area contributed by atoms with Crippen LogP contribution in [0.25, 0.3) is 0 Å². The van der Waals surface area contributed by atoms with E-state index in [-0.39, 0.29) is 18.1 Å². The third-order valence-electron chi connectivity index (χ3n) is 3.81. The monoisotopic (exact) mass is 323 g/mol. The Labute approximate surface area is 136 Å². The smallest absolute Gasteiger partial charge is 0.410 e.